The zero-order chi connectivity index (χ0) is 17.2. The summed E-state index contributed by atoms with van der Waals surface area (Å²) in [6, 6.07) is 14.0. The maximum atomic E-state index is 12.1. The van der Waals surface area contributed by atoms with Crippen LogP contribution in [0.15, 0.2) is 61.1 Å². The van der Waals surface area contributed by atoms with E-state index in [0.29, 0.717) is 13.1 Å². The molecule has 0 radical (unpaired) electrons. The molecule has 0 aliphatic carbocycles. The minimum atomic E-state index is -0.198. The van der Waals surface area contributed by atoms with Crippen LogP contribution in [0, 0.1) is 0 Å². The molecule has 1 fully saturated rings. The first-order chi connectivity index (χ1) is 12.2. The van der Waals surface area contributed by atoms with E-state index in [-0.39, 0.29) is 12.1 Å². The lowest BCUT2D eigenvalue weighted by atomic mass is 10.1. The van der Waals surface area contributed by atoms with Crippen molar-refractivity contribution in [2.75, 3.05) is 6.54 Å². The van der Waals surface area contributed by atoms with Crippen molar-refractivity contribution in [3.8, 4) is 11.3 Å². The fourth-order valence-electron chi connectivity index (χ4n) is 3.24. The number of aromatic nitrogens is 3. The largest absolute Gasteiger partial charge is 0.335 e. The van der Waals surface area contributed by atoms with E-state index in [4.69, 9.17) is 0 Å². The predicted octanol–water partition coefficient (Wildman–Crippen LogP) is 2.11. The summed E-state index contributed by atoms with van der Waals surface area (Å²) in [7, 11) is 1.89. The average molecular weight is 333 g/mol. The van der Waals surface area contributed by atoms with Crippen molar-refractivity contribution in [1.29, 1.82) is 0 Å². The average Bonchev–Trinajstić information content (AvgIpc) is 3.19. The topological polar surface area (TPSA) is 63.1 Å². The molecular weight excluding hydrogens is 314 g/mol. The SMILES string of the molecule is Cn1cc(C2NC(=O)CN2Cc2ccccc2)c(-c2cccnc2)n1. The summed E-state index contributed by atoms with van der Waals surface area (Å²) in [5.74, 6) is 0.0296. The van der Waals surface area contributed by atoms with Gasteiger partial charge in [-0.15, -0.1) is 0 Å². The van der Waals surface area contributed by atoms with Crippen LogP contribution in [0.2, 0.25) is 0 Å². The highest BCUT2D eigenvalue weighted by atomic mass is 16.2. The molecule has 1 atom stereocenters. The summed E-state index contributed by atoms with van der Waals surface area (Å²) in [6.45, 7) is 1.08. The number of pyridine rings is 1. The molecule has 4 rings (SSSR count). The maximum Gasteiger partial charge on any atom is 0.235 e. The third-order valence-electron chi connectivity index (χ3n) is 4.32. The number of aryl methyl sites for hydroxylation is 1. The van der Waals surface area contributed by atoms with Gasteiger partial charge < -0.3 is 5.32 Å². The highest BCUT2D eigenvalue weighted by molar-refractivity contribution is 5.81. The van der Waals surface area contributed by atoms with Crippen molar-refractivity contribution in [1.82, 2.24) is 25.0 Å². The van der Waals surface area contributed by atoms with Gasteiger partial charge in [-0.05, 0) is 17.7 Å². The lowest BCUT2D eigenvalue weighted by molar-refractivity contribution is -0.118. The van der Waals surface area contributed by atoms with E-state index in [1.165, 1.54) is 5.56 Å². The fourth-order valence-corrected chi connectivity index (χ4v) is 3.24. The van der Waals surface area contributed by atoms with E-state index < -0.39 is 0 Å². The van der Waals surface area contributed by atoms with E-state index >= 15 is 0 Å². The minimum absolute atomic E-state index is 0.0296. The highest BCUT2D eigenvalue weighted by Gasteiger charge is 2.33. The Labute approximate surface area is 146 Å². The molecule has 1 N–H and O–H groups in total. The van der Waals surface area contributed by atoms with Crippen LogP contribution < -0.4 is 5.32 Å². The number of carbonyl (C=O) groups excluding carboxylic acids is 1. The zero-order valence-corrected chi connectivity index (χ0v) is 14.0. The van der Waals surface area contributed by atoms with Crippen LogP contribution in [0.5, 0.6) is 0 Å². The number of rotatable bonds is 4. The van der Waals surface area contributed by atoms with Gasteiger partial charge in [0.05, 0.1) is 6.54 Å². The Balaban J connectivity index is 1.69. The van der Waals surface area contributed by atoms with Gasteiger partial charge in [0, 0.05) is 43.3 Å². The molecule has 6 heteroatoms. The number of amides is 1. The number of benzene rings is 1. The smallest absolute Gasteiger partial charge is 0.235 e. The normalized spacial score (nSPS) is 17.6. The number of hydrogen-bond acceptors (Lipinski definition) is 4. The summed E-state index contributed by atoms with van der Waals surface area (Å²) in [4.78, 5) is 18.4. The Morgan fingerprint density at radius 1 is 1.20 bits per heavy atom. The quantitative estimate of drug-likeness (QED) is 0.794. The van der Waals surface area contributed by atoms with E-state index in [0.717, 1.165) is 16.8 Å². The number of hydrogen-bond donors (Lipinski definition) is 1. The second kappa shape index (κ2) is 6.49. The summed E-state index contributed by atoms with van der Waals surface area (Å²) in [5.41, 5.74) is 3.95. The van der Waals surface area contributed by atoms with Gasteiger partial charge >= 0.3 is 0 Å². The number of carbonyl (C=O) groups is 1. The van der Waals surface area contributed by atoms with Crippen LogP contribution in [-0.2, 0) is 18.4 Å². The Kier molecular flexibility index (Phi) is 4.03. The van der Waals surface area contributed by atoms with Crippen LogP contribution in [0.4, 0.5) is 0 Å². The van der Waals surface area contributed by atoms with Crippen LogP contribution in [-0.4, -0.2) is 32.1 Å². The summed E-state index contributed by atoms with van der Waals surface area (Å²) in [5, 5.41) is 7.67. The third-order valence-corrected chi connectivity index (χ3v) is 4.32. The Morgan fingerprint density at radius 3 is 2.80 bits per heavy atom. The van der Waals surface area contributed by atoms with Crippen molar-refractivity contribution in [3.63, 3.8) is 0 Å². The maximum absolute atomic E-state index is 12.1. The molecule has 0 saturated carbocycles. The summed E-state index contributed by atoms with van der Waals surface area (Å²) >= 11 is 0. The standard InChI is InChI=1S/C19H19N5O/c1-23-12-16(18(22-23)15-8-5-9-20-10-15)19-21-17(25)13-24(19)11-14-6-3-2-4-7-14/h2-10,12,19H,11,13H2,1H3,(H,21,25). The molecule has 25 heavy (non-hydrogen) atoms. The second-order valence-electron chi connectivity index (χ2n) is 6.21. The van der Waals surface area contributed by atoms with Gasteiger partial charge in [-0.1, -0.05) is 30.3 Å². The monoisotopic (exact) mass is 333 g/mol. The van der Waals surface area contributed by atoms with Gasteiger partial charge in [0.1, 0.15) is 11.9 Å². The highest BCUT2D eigenvalue weighted by Crippen LogP contribution is 2.31. The molecule has 1 aromatic carbocycles. The van der Waals surface area contributed by atoms with E-state index in [1.807, 2.05) is 43.6 Å². The lowest BCUT2D eigenvalue weighted by Crippen LogP contribution is -2.27. The van der Waals surface area contributed by atoms with Crippen molar-refractivity contribution in [3.05, 3.63) is 72.2 Å². The summed E-state index contributed by atoms with van der Waals surface area (Å²) in [6.07, 6.45) is 5.31. The van der Waals surface area contributed by atoms with Crippen LogP contribution in [0.25, 0.3) is 11.3 Å². The molecule has 2 aromatic heterocycles. The first-order valence-corrected chi connectivity index (χ1v) is 8.22. The fraction of sp³-hybridized carbons (Fsp3) is 0.211. The van der Waals surface area contributed by atoms with Gasteiger partial charge in [-0.3, -0.25) is 19.4 Å². The third kappa shape index (κ3) is 3.16. The molecular formula is C19H19N5O. The molecule has 1 unspecified atom stereocenters. The van der Waals surface area contributed by atoms with E-state index in [2.05, 4.69) is 32.4 Å². The molecule has 1 amide bonds. The van der Waals surface area contributed by atoms with Crippen LogP contribution in [0.1, 0.15) is 17.3 Å². The van der Waals surface area contributed by atoms with Crippen molar-refractivity contribution < 1.29 is 4.79 Å². The molecule has 6 nitrogen and oxygen atoms in total. The lowest BCUT2D eigenvalue weighted by Gasteiger charge is -2.23. The predicted molar refractivity (Wildman–Crippen MR) is 94.2 cm³/mol. The van der Waals surface area contributed by atoms with Crippen molar-refractivity contribution in [2.45, 2.75) is 12.7 Å². The molecule has 1 saturated heterocycles. The minimum Gasteiger partial charge on any atom is -0.335 e. The van der Waals surface area contributed by atoms with Gasteiger partial charge in [0.25, 0.3) is 0 Å². The Morgan fingerprint density at radius 2 is 2.04 bits per heavy atom. The second-order valence-corrected chi connectivity index (χ2v) is 6.21. The molecule has 126 valence electrons. The zero-order valence-electron chi connectivity index (χ0n) is 14.0. The van der Waals surface area contributed by atoms with Crippen LogP contribution >= 0.6 is 0 Å². The first-order valence-electron chi connectivity index (χ1n) is 8.22. The first kappa shape index (κ1) is 15.5. The Bertz CT molecular complexity index is 875. The van der Waals surface area contributed by atoms with Gasteiger partial charge in [-0.2, -0.15) is 5.10 Å². The van der Waals surface area contributed by atoms with E-state index in [1.54, 1.807) is 17.1 Å². The molecule has 0 spiro atoms. The molecule has 1 aliphatic heterocycles. The number of nitrogens with zero attached hydrogens (tertiary/aromatic N) is 4. The van der Waals surface area contributed by atoms with Gasteiger partial charge in [-0.25, -0.2) is 0 Å². The van der Waals surface area contributed by atoms with E-state index in [9.17, 15) is 4.79 Å². The Hall–Kier alpha value is -2.99. The molecule has 0 bridgehead atoms. The molecule has 3 aromatic rings. The molecule has 1 aliphatic rings. The van der Waals surface area contributed by atoms with Gasteiger partial charge in [0.15, 0.2) is 0 Å². The number of nitrogens with one attached hydrogen (secondary N) is 1. The van der Waals surface area contributed by atoms with Crippen molar-refractivity contribution >= 4 is 5.91 Å². The van der Waals surface area contributed by atoms with Crippen molar-refractivity contribution in [2.24, 2.45) is 7.05 Å². The molecule has 3 heterocycles. The summed E-state index contributed by atoms with van der Waals surface area (Å²) < 4.78 is 1.78. The van der Waals surface area contributed by atoms with Crippen LogP contribution in [0.3, 0.4) is 0 Å². The van der Waals surface area contributed by atoms with Gasteiger partial charge in [0.2, 0.25) is 5.91 Å².